The summed E-state index contributed by atoms with van der Waals surface area (Å²) in [7, 11) is 0. The first kappa shape index (κ1) is 17.0. The summed E-state index contributed by atoms with van der Waals surface area (Å²) in [5, 5.41) is 4.43. The molecule has 2 rings (SSSR count). The second kappa shape index (κ2) is 6.83. The second-order valence-corrected chi connectivity index (χ2v) is 6.48. The summed E-state index contributed by atoms with van der Waals surface area (Å²) in [6.07, 6.45) is -4.08. The molecular formula is C15H13BrF3NOS. The Morgan fingerprint density at radius 3 is 2.59 bits per heavy atom. The van der Waals surface area contributed by atoms with E-state index in [0.29, 0.717) is 11.3 Å². The maximum Gasteiger partial charge on any atom is 0.416 e. The van der Waals surface area contributed by atoms with E-state index in [1.165, 1.54) is 23.5 Å². The zero-order valence-electron chi connectivity index (χ0n) is 11.6. The Balaban J connectivity index is 2.28. The van der Waals surface area contributed by atoms with E-state index in [9.17, 15) is 18.0 Å². The van der Waals surface area contributed by atoms with Crippen molar-refractivity contribution in [1.82, 2.24) is 5.32 Å². The SMILES string of the molecule is CCC(NC(=O)c1cc(Br)cs1)c1ccccc1C(F)(F)F. The van der Waals surface area contributed by atoms with Gasteiger partial charge < -0.3 is 5.32 Å². The first-order valence-corrected chi connectivity index (χ1v) is 8.21. The van der Waals surface area contributed by atoms with Crippen LogP contribution in [0.1, 0.15) is 40.2 Å². The normalized spacial score (nSPS) is 13.0. The molecule has 0 aliphatic carbocycles. The highest BCUT2D eigenvalue weighted by Gasteiger charge is 2.35. The smallest absolute Gasteiger partial charge is 0.345 e. The Hall–Kier alpha value is -1.34. The maximum absolute atomic E-state index is 13.1. The molecule has 2 aromatic rings. The highest BCUT2D eigenvalue weighted by molar-refractivity contribution is 9.10. The first-order chi connectivity index (χ1) is 10.3. The van der Waals surface area contributed by atoms with Gasteiger partial charge in [-0.3, -0.25) is 4.79 Å². The van der Waals surface area contributed by atoms with Crippen molar-refractivity contribution in [3.8, 4) is 0 Å². The van der Waals surface area contributed by atoms with Crippen molar-refractivity contribution in [2.75, 3.05) is 0 Å². The summed E-state index contributed by atoms with van der Waals surface area (Å²) in [5.41, 5.74) is -0.629. The van der Waals surface area contributed by atoms with Crippen LogP contribution in [0.4, 0.5) is 13.2 Å². The fourth-order valence-corrected chi connectivity index (χ4v) is 3.45. The van der Waals surface area contributed by atoms with Crippen molar-refractivity contribution in [3.63, 3.8) is 0 Å². The summed E-state index contributed by atoms with van der Waals surface area (Å²) in [6.45, 7) is 1.74. The first-order valence-electron chi connectivity index (χ1n) is 6.54. The number of hydrogen-bond donors (Lipinski definition) is 1. The zero-order chi connectivity index (χ0) is 16.3. The molecule has 1 N–H and O–H groups in total. The molecule has 7 heteroatoms. The van der Waals surface area contributed by atoms with Gasteiger partial charge in [0.1, 0.15) is 0 Å². The van der Waals surface area contributed by atoms with Crippen LogP contribution in [-0.2, 0) is 6.18 Å². The summed E-state index contributed by atoms with van der Waals surface area (Å²) in [6, 6.07) is 6.28. The van der Waals surface area contributed by atoms with E-state index in [1.807, 2.05) is 0 Å². The van der Waals surface area contributed by atoms with Crippen LogP contribution in [0.3, 0.4) is 0 Å². The van der Waals surface area contributed by atoms with Crippen LogP contribution in [0.25, 0.3) is 0 Å². The Bertz CT molecular complexity index is 669. The summed E-state index contributed by atoms with van der Waals surface area (Å²) in [4.78, 5) is 12.6. The molecule has 1 unspecified atom stereocenters. The minimum absolute atomic E-state index is 0.0847. The standard InChI is InChI=1S/C15H13BrF3NOS/c1-2-12(20-14(21)13-7-9(16)8-22-13)10-5-3-4-6-11(10)15(17,18)19/h3-8,12H,2H2,1H3,(H,20,21). The number of rotatable bonds is 4. The van der Waals surface area contributed by atoms with Gasteiger partial charge in [0.25, 0.3) is 5.91 Å². The molecule has 0 aliphatic rings. The Labute approximate surface area is 138 Å². The molecule has 1 amide bonds. The highest BCUT2D eigenvalue weighted by atomic mass is 79.9. The number of thiophene rings is 1. The van der Waals surface area contributed by atoms with Crippen LogP contribution in [-0.4, -0.2) is 5.91 Å². The number of hydrogen-bond acceptors (Lipinski definition) is 2. The van der Waals surface area contributed by atoms with Gasteiger partial charge in [-0.2, -0.15) is 13.2 Å². The number of carbonyl (C=O) groups excluding carboxylic acids is 1. The molecule has 0 aliphatic heterocycles. The molecule has 2 nitrogen and oxygen atoms in total. The summed E-state index contributed by atoms with van der Waals surface area (Å²) < 4.78 is 40.0. The van der Waals surface area contributed by atoms with Crippen molar-refractivity contribution in [2.45, 2.75) is 25.6 Å². The molecule has 1 atom stereocenters. The molecule has 22 heavy (non-hydrogen) atoms. The third-order valence-electron chi connectivity index (χ3n) is 3.15. The van der Waals surface area contributed by atoms with Gasteiger partial charge in [-0.05, 0) is 40.0 Å². The van der Waals surface area contributed by atoms with Crippen molar-refractivity contribution >= 4 is 33.2 Å². The topological polar surface area (TPSA) is 29.1 Å². The van der Waals surface area contributed by atoms with Crippen LogP contribution in [0.2, 0.25) is 0 Å². The lowest BCUT2D eigenvalue weighted by atomic mass is 9.98. The summed E-state index contributed by atoms with van der Waals surface area (Å²) >= 11 is 4.48. The Morgan fingerprint density at radius 1 is 1.36 bits per heavy atom. The van der Waals surface area contributed by atoms with E-state index in [4.69, 9.17) is 0 Å². The number of alkyl halides is 3. The third kappa shape index (κ3) is 3.89. The van der Waals surface area contributed by atoms with E-state index in [0.717, 1.165) is 10.5 Å². The number of nitrogens with one attached hydrogen (secondary N) is 1. The monoisotopic (exact) mass is 391 g/mol. The van der Waals surface area contributed by atoms with Crippen molar-refractivity contribution in [1.29, 1.82) is 0 Å². The summed E-state index contributed by atoms with van der Waals surface area (Å²) in [5.74, 6) is -0.375. The third-order valence-corrected chi connectivity index (χ3v) is 4.84. The van der Waals surface area contributed by atoms with E-state index < -0.39 is 17.8 Å². The van der Waals surface area contributed by atoms with E-state index in [1.54, 1.807) is 24.4 Å². The molecule has 0 radical (unpaired) electrons. The molecular weight excluding hydrogens is 379 g/mol. The Morgan fingerprint density at radius 2 is 2.05 bits per heavy atom. The number of amides is 1. The van der Waals surface area contributed by atoms with Gasteiger partial charge in [0.2, 0.25) is 0 Å². The van der Waals surface area contributed by atoms with Crippen LogP contribution in [0.5, 0.6) is 0 Å². The van der Waals surface area contributed by atoms with Crippen LogP contribution in [0, 0.1) is 0 Å². The predicted molar refractivity (Wildman–Crippen MR) is 84.0 cm³/mol. The number of benzene rings is 1. The molecule has 0 fully saturated rings. The van der Waals surface area contributed by atoms with E-state index in [2.05, 4.69) is 21.2 Å². The van der Waals surface area contributed by atoms with E-state index in [-0.39, 0.29) is 11.5 Å². The van der Waals surface area contributed by atoms with Crippen molar-refractivity contribution in [3.05, 3.63) is 56.2 Å². The average molecular weight is 392 g/mol. The molecule has 0 bridgehead atoms. The molecule has 0 saturated heterocycles. The van der Waals surface area contributed by atoms with Gasteiger partial charge in [-0.25, -0.2) is 0 Å². The van der Waals surface area contributed by atoms with E-state index >= 15 is 0 Å². The van der Waals surface area contributed by atoms with Gasteiger partial charge in [0, 0.05) is 9.85 Å². The van der Waals surface area contributed by atoms with Gasteiger partial charge in [-0.1, -0.05) is 25.1 Å². The molecule has 1 heterocycles. The number of halogens is 4. The fraction of sp³-hybridized carbons (Fsp3) is 0.267. The van der Waals surface area contributed by atoms with Crippen LogP contribution < -0.4 is 5.32 Å². The second-order valence-electron chi connectivity index (χ2n) is 4.65. The predicted octanol–water partition coefficient (Wildman–Crippen LogP) is 5.41. The Kier molecular flexibility index (Phi) is 5.28. The lowest BCUT2D eigenvalue weighted by Crippen LogP contribution is -2.29. The minimum atomic E-state index is -4.44. The zero-order valence-corrected chi connectivity index (χ0v) is 14.0. The fourth-order valence-electron chi connectivity index (χ4n) is 2.12. The largest absolute Gasteiger partial charge is 0.416 e. The van der Waals surface area contributed by atoms with Crippen molar-refractivity contribution in [2.24, 2.45) is 0 Å². The maximum atomic E-state index is 13.1. The number of carbonyl (C=O) groups is 1. The van der Waals surface area contributed by atoms with Gasteiger partial charge in [-0.15, -0.1) is 11.3 Å². The molecule has 0 saturated carbocycles. The van der Waals surface area contributed by atoms with Crippen LogP contribution in [0.15, 0.2) is 40.2 Å². The lowest BCUT2D eigenvalue weighted by Gasteiger charge is -2.21. The molecule has 1 aromatic heterocycles. The lowest BCUT2D eigenvalue weighted by molar-refractivity contribution is -0.138. The average Bonchev–Trinajstić information content (AvgIpc) is 2.90. The minimum Gasteiger partial charge on any atom is -0.345 e. The van der Waals surface area contributed by atoms with Crippen molar-refractivity contribution < 1.29 is 18.0 Å². The molecule has 1 aromatic carbocycles. The highest BCUT2D eigenvalue weighted by Crippen LogP contribution is 2.35. The molecule has 0 spiro atoms. The van der Waals surface area contributed by atoms with Gasteiger partial charge in [0.15, 0.2) is 0 Å². The quantitative estimate of drug-likeness (QED) is 0.741. The van der Waals surface area contributed by atoms with Gasteiger partial charge in [0.05, 0.1) is 16.5 Å². The van der Waals surface area contributed by atoms with Gasteiger partial charge >= 0.3 is 6.18 Å². The van der Waals surface area contributed by atoms with Crippen LogP contribution >= 0.6 is 27.3 Å². The molecule has 118 valence electrons.